The molecule has 1 amide bonds. The molecule has 2 heterocycles. The lowest BCUT2D eigenvalue weighted by molar-refractivity contribution is -0.0570. The first-order valence-electron chi connectivity index (χ1n) is 5.35. The Kier molecular flexibility index (Phi) is 4.47. The monoisotopic (exact) mass is 337 g/mol. The minimum Gasteiger partial charge on any atom is -0.370 e. The van der Waals surface area contributed by atoms with E-state index in [0.717, 1.165) is 9.35 Å². The fraction of sp³-hybridized carbons (Fsp3) is 0.545. The van der Waals surface area contributed by atoms with Gasteiger partial charge in [-0.25, -0.2) is 0 Å². The number of ether oxygens (including phenoxy) is 1. The molecule has 0 aromatic carbocycles. The van der Waals surface area contributed by atoms with Crippen molar-refractivity contribution < 1.29 is 9.53 Å². The molecule has 0 bridgehead atoms. The van der Waals surface area contributed by atoms with Crippen LogP contribution in [0.5, 0.6) is 0 Å². The van der Waals surface area contributed by atoms with E-state index in [1.54, 1.807) is 0 Å². The van der Waals surface area contributed by atoms with Crippen LogP contribution < -0.4 is 0 Å². The minimum atomic E-state index is -0.0635. The standard InChI is InChI=1S/C11H13BrClNO2S/c1-7-4-14(5-9(3-13)16-7)11(15)8-2-10(12)17-6-8/h2,6-7,9H,3-5H2,1H3. The number of halogens is 2. The van der Waals surface area contributed by atoms with Gasteiger partial charge in [-0.2, -0.15) is 0 Å². The van der Waals surface area contributed by atoms with E-state index in [1.807, 2.05) is 23.3 Å². The molecule has 1 fully saturated rings. The van der Waals surface area contributed by atoms with Gasteiger partial charge in [0.1, 0.15) is 0 Å². The summed E-state index contributed by atoms with van der Waals surface area (Å²) in [7, 11) is 0. The SMILES string of the molecule is CC1CN(C(=O)c2csc(Br)c2)CC(CCl)O1. The molecule has 0 N–H and O–H groups in total. The summed E-state index contributed by atoms with van der Waals surface area (Å²) in [4.78, 5) is 14.0. The second-order valence-electron chi connectivity index (χ2n) is 4.07. The summed E-state index contributed by atoms with van der Waals surface area (Å²) in [5.41, 5.74) is 0.726. The summed E-state index contributed by atoms with van der Waals surface area (Å²) in [5.74, 6) is 0.471. The highest BCUT2D eigenvalue weighted by Gasteiger charge is 2.28. The number of carbonyl (C=O) groups is 1. The quantitative estimate of drug-likeness (QED) is 0.776. The summed E-state index contributed by atoms with van der Waals surface area (Å²) < 4.78 is 6.59. The Hall–Kier alpha value is -0.100. The van der Waals surface area contributed by atoms with Gasteiger partial charge in [0, 0.05) is 18.5 Å². The number of nitrogens with zero attached hydrogens (tertiary/aromatic N) is 1. The van der Waals surface area contributed by atoms with Crippen LogP contribution in [0.2, 0.25) is 0 Å². The van der Waals surface area contributed by atoms with E-state index in [4.69, 9.17) is 16.3 Å². The van der Waals surface area contributed by atoms with Gasteiger partial charge < -0.3 is 9.64 Å². The topological polar surface area (TPSA) is 29.5 Å². The fourth-order valence-electron chi connectivity index (χ4n) is 1.90. The van der Waals surface area contributed by atoms with Crippen LogP contribution in [0.25, 0.3) is 0 Å². The van der Waals surface area contributed by atoms with E-state index in [9.17, 15) is 4.79 Å². The molecule has 6 heteroatoms. The molecule has 94 valence electrons. The van der Waals surface area contributed by atoms with Gasteiger partial charge in [-0.15, -0.1) is 22.9 Å². The zero-order valence-corrected chi connectivity index (χ0v) is 12.5. The molecule has 1 aromatic heterocycles. The molecule has 1 aliphatic heterocycles. The lowest BCUT2D eigenvalue weighted by Gasteiger charge is -2.35. The van der Waals surface area contributed by atoms with E-state index in [1.165, 1.54) is 11.3 Å². The van der Waals surface area contributed by atoms with Crippen molar-refractivity contribution in [3.8, 4) is 0 Å². The molecule has 3 nitrogen and oxygen atoms in total. The van der Waals surface area contributed by atoms with Crippen LogP contribution in [0.3, 0.4) is 0 Å². The largest absolute Gasteiger partial charge is 0.370 e. The number of morpholine rings is 1. The molecule has 1 aliphatic rings. The molecule has 0 aliphatic carbocycles. The third-order valence-electron chi connectivity index (χ3n) is 2.60. The summed E-state index contributed by atoms with van der Waals surface area (Å²) in [5, 5.41) is 1.86. The van der Waals surface area contributed by atoms with Gasteiger partial charge in [0.25, 0.3) is 5.91 Å². The maximum atomic E-state index is 12.2. The molecular formula is C11H13BrClNO2S. The predicted molar refractivity (Wildman–Crippen MR) is 73.0 cm³/mol. The molecule has 1 aromatic rings. The van der Waals surface area contributed by atoms with Crippen molar-refractivity contribution >= 4 is 44.8 Å². The number of carbonyl (C=O) groups excluding carboxylic acids is 1. The molecule has 1 saturated heterocycles. The highest BCUT2D eigenvalue weighted by molar-refractivity contribution is 9.11. The second kappa shape index (κ2) is 5.69. The van der Waals surface area contributed by atoms with Crippen LogP contribution in [0, 0.1) is 0 Å². The smallest absolute Gasteiger partial charge is 0.254 e. The average Bonchev–Trinajstić information content (AvgIpc) is 2.74. The fourth-order valence-corrected chi connectivity index (χ4v) is 3.20. The Morgan fingerprint density at radius 1 is 1.71 bits per heavy atom. The van der Waals surface area contributed by atoms with Crippen LogP contribution in [-0.2, 0) is 4.74 Å². The summed E-state index contributed by atoms with van der Waals surface area (Å²) in [6.45, 7) is 3.16. The van der Waals surface area contributed by atoms with Crippen molar-refractivity contribution in [3.05, 3.63) is 20.8 Å². The zero-order chi connectivity index (χ0) is 12.4. The van der Waals surface area contributed by atoms with E-state index >= 15 is 0 Å². The zero-order valence-electron chi connectivity index (χ0n) is 9.36. The second-order valence-corrected chi connectivity index (χ2v) is 6.67. The molecule has 2 unspecified atom stereocenters. The molecule has 0 radical (unpaired) electrons. The highest BCUT2D eigenvalue weighted by atomic mass is 79.9. The summed E-state index contributed by atoms with van der Waals surface area (Å²) >= 11 is 10.7. The molecule has 2 atom stereocenters. The number of hydrogen-bond acceptors (Lipinski definition) is 3. The first-order chi connectivity index (χ1) is 8.10. The van der Waals surface area contributed by atoms with Crippen LogP contribution in [-0.4, -0.2) is 42.0 Å². The third kappa shape index (κ3) is 3.22. The van der Waals surface area contributed by atoms with Gasteiger partial charge in [0.05, 0.1) is 27.4 Å². The van der Waals surface area contributed by atoms with Crippen molar-refractivity contribution in [1.82, 2.24) is 4.90 Å². The molecular weight excluding hydrogens is 326 g/mol. The Labute approximate surface area is 118 Å². The molecule has 2 rings (SSSR count). The first-order valence-corrected chi connectivity index (χ1v) is 7.55. The van der Waals surface area contributed by atoms with Gasteiger partial charge in [-0.05, 0) is 28.9 Å². The Balaban J connectivity index is 2.08. The Morgan fingerprint density at radius 3 is 3.06 bits per heavy atom. The first kappa shape index (κ1) is 13.3. The van der Waals surface area contributed by atoms with E-state index in [-0.39, 0.29) is 18.1 Å². The van der Waals surface area contributed by atoms with Crippen LogP contribution in [0.1, 0.15) is 17.3 Å². The Bertz CT molecular complexity index is 412. The molecule has 0 saturated carbocycles. The Morgan fingerprint density at radius 2 is 2.47 bits per heavy atom. The normalized spacial score (nSPS) is 25.0. The average molecular weight is 339 g/mol. The number of thiophene rings is 1. The van der Waals surface area contributed by atoms with Gasteiger partial charge >= 0.3 is 0 Å². The third-order valence-corrected chi connectivity index (χ3v) is 4.45. The van der Waals surface area contributed by atoms with E-state index < -0.39 is 0 Å². The van der Waals surface area contributed by atoms with Crippen LogP contribution >= 0.6 is 38.9 Å². The van der Waals surface area contributed by atoms with Crippen LogP contribution in [0.4, 0.5) is 0 Å². The van der Waals surface area contributed by atoms with E-state index in [0.29, 0.717) is 19.0 Å². The van der Waals surface area contributed by atoms with Gasteiger partial charge in [-0.1, -0.05) is 0 Å². The number of amides is 1. The van der Waals surface area contributed by atoms with Crippen LogP contribution in [0.15, 0.2) is 15.2 Å². The molecule has 0 spiro atoms. The number of rotatable bonds is 2. The number of hydrogen-bond donors (Lipinski definition) is 0. The van der Waals surface area contributed by atoms with Gasteiger partial charge in [-0.3, -0.25) is 4.79 Å². The summed E-state index contributed by atoms with van der Waals surface area (Å²) in [6, 6.07) is 1.85. The van der Waals surface area contributed by atoms with Gasteiger partial charge in [0.2, 0.25) is 0 Å². The maximum absolute atomic E-state index is 12.2. The van der Waals surface area contributed by atoms with Crippen molar-refractivity contribution in [2.24, 2.45) is 0 Å². The van der Waals surface area contributed by atoms with Crippen molar-refractivity contribution in [3.63, 3.8) is 0 Å². The van der Waals surface area contributed by atoms with E-state index in [2.05, 4.69) is 15.9 Å². The lowest BCUT2D eigenvalue weighted by Crippen LogP contribution is -2.49. The minimum absolute atomic E-state index is 0.0403. The number of alkyl halides is 1. The van der Waals surface area contributed by atoms with Crippen molar-refractivity contribution in [1.29, 1.82) is 0 Å². The predicted octanol–water partition coefficient (Wildman–Crippen LogP) is 2.98. The summed E-state index contributed by atoms with van der Waals surface area (Å²) in [6.07, 6.45) is -0.0232. The van der Waals surface area contributed by atoms with Gasteiger partial charge in [0.15, 0.2) is 0 Å². The van der Waals surface area contributed by atoms with Crippen molar-refractivity contribution in [2.45, 2.75) is 19.1 Å². The maximum Gasteiger partial charge on any atom is 0.254 e. The molecule has 17 heavy (non-hydrogen) atoms. The lowest BCUT2D eigenvalue weighted by atomic mass is 10.2. The van der Waals surface area contributed by atoms with Crippen molar-refractivity contribution in [2.75, 3.05) is 19.0 Å². The highest BCUT2D eigenvalue weighted by Crippen LogP contribution is 2.23.